The number of hydrogen-bond acceptors (Lipinski definition) is 4. The molecule has 1 aliphatic rings. The maximum absolute atomic E-state index is 14.7. The number of carbonyl (C=O) groups is 1. The minimum absolute atomic E-state index is 0.0293. The van der Waals surface area contributed by atoms with Gasteiger partial charge < -0.3 is 20.7 Å². The van der Waals surface area contributed by atoms with Crippen LogP contribution < -0.4 is 16.5 Å². The van der Waals surface area contributed by atoms with Crippen LogP contribution in [0.25, 0.3) is 10.9 Å². The van der Waals surface area contributed by atoms with Gasteiger partial charge in [-0.2, -0.15) is 0 Å². The number of fused-ring (bicyclic) bond motifs is 1. The van der Waals surface area contributed by atoms with Crippen molar-refractivity contribution in [1.29, 1.82) is 0 Å². The molecule has 0 unspecified atom stereocenters. The van der Waals surface area contributed by atoms with Crippen molar-refractivity contribution in [3.63, 3.8) is 0 Å². The molecule has 0 amide bonds. The number of aromatic nitrogens is 1. The van der Waals surface area contributed by atoms with Crippen molar-refractivity contribution in [2.75, 3.05) is 11.1 Å². The molecule has 6 nitrogen and oxygen atoms in total. The molecule has 0 spiro atoms. The topological polar surface area (TPSA) is 97.3 Å². The van der Waals surface area contributed by atoms with Gasteiger partial charge in [0.1, 0.15) is 17.1 Å². The number of hydrogen-bond donors (Lipinski definition) is 3. The molecule has 4 N–H and O–H groups in total. The van der Waals surface area contributed by atoms with Crippen LogP contribution in [0.15, 0.2) is 41.3 Å². The third-order valence-corrected chi connectivity index (χ3v) is 4.84. The summed E-state index contributed by atoms with van der Waals surface area (Å²) in [4.78, 5) is 23.9. The monoisotopic (exact) mass is 387 g/mol. The summed E-state index contributed by atoms with van der Waals surface area (Å²) in [7, 11) is 0. The molecule has 8 heteroatoms. The van der Waals surface area contributed by atoms with Gasteiger partial charge in [-0.05, 0) is 43.2 Å². The summed E-state index contributed by atoms with van der Waals surface area (Å²) in [5, 5.41) is 12.7. The first-order valence-corrected chi connectivity index (χ1v) is 8.67. The number of anilines is 3. The first kappa shape index (κ1) is 17.4. The molecule has 1 aliphatic carbocycles. The van der Waals surface area contributed by atoms with E-state index < -0.39 is 22.8 Å². The van der Waals surface area contributed by atoms with E-state index in [2.05, 4.69) is 5.32 Å². The zero-order valence-electron chi connectivity index (χ0n) is 14.0. The molecule has 1 fully saturated rings. The average molecular weight is 388 g/mol. The fourth-order valence-electron chi connectivity index (χ4n) is 3.12. The van der Waals surface area contributed by atoms with Gasteiger partial charge in [-0.25, -0.2) is 9.18 Å². The normalized spacial score (nSPS) is 13.7. The number of nitrogens with zero attached hydrogens (tertiary/aromatic N) is 1. The van der Waals surface area contributed by atoms with Gasteiger partial charge in [-0.15, -0.1) is 0 Å². The van der Waals surface area contributed by atoms with Crippen LogP contribution in [0.5, 0.6) is 0 Å². The lowest BCUT2D eigenvalue weighted by atomic mass is 10.1. The fourth-order valence-corrected chi connectivity index (χ4v) is 3.24. The van der Waals surface area contributed by atoms with Crippen LogP contribution in [-0.2, 0) is 0 Å². The van der Waals surface area contributed by atoms with E-state index in [-0.39, 0.29) is 22.8 Å². The third-order valence-electron chi connectivity index (χ3n) is 4.59. The number of benzene rings is 2. The SMILES string of the molecule is Nc1c(Nc2ccc(Cl)cc2)c(F)cc2c(=O)c(C(=O)O)cn(C3CC3)c12. The Morgan fingerprint density at radius 3 is 2.56 bits per heavy atom. The molecule has 27 heavy (non-hydrogen) atoms. The Morgan fingerprint density at radius 2 is 1.96 bits per heavy atom. The molecule has 138 valence electrons. The van der Waals surface area contributed by atoms with Gasteiger partial charge in [0.15, 0.2) is 0 Å². The highest BCUT2D eigenvalue weighted by Gasteiger charge is 2.29. The second kappa shape index (κ2) is 6.28. The van der Waals surface area contributed by atoms with Gasteiger partial charge in [0.25, 0.3) is 0 Å². The van der Waals surface area contributed by atoms with Crippen LogP contribution in [0.1, 0.15) is 29.2 Å². The molecule has 1 saturated carbocycles. The van der Waals surface area contributed by atoms with Crippen molar-refractivity contribution in [1.82, 2.24) is 4.57 Å². The van der Waals surface area contributed by atoms with Crippen molar-refractivity contribution in [3.05, 3.63) is 63.2 Å². The lowest BCUT2D eigenvalue weighted by molar-refractivity contribution is 0.0695. The lowest BCUT2D eigenvalue weighted by Gasteiger charge is -2.17. The summed E-state index contributed by atoms with van der Waals surface area (Å²) < 4.78 is 16.4. The number of nitrogens with two attached hydrogens (primary N) is 1. The molecule has 3 aromatic rings. The minimum atomic E-state index is -1.35. The van der Waals surface area contributed by atoms with Crippen molar-refractivity contribution in [2.45, 2.75) is 18.9 Å². The van der Waals surface area contributed by atoms with Gasteiger partial charge in [-0.3, -0.25) is 4.79 Å². The van der Waals surface area contributed by atoms with E-state index in [1.165, 1.54) is 6.20 Å². The molecule has 0 atom stereocenters. The summed E-state index contributed by atoms with van der Waals surface area (Å²) in [5.74, 6) is -2.09. The van der Waals surface area contributed by atoms with Gasteiger partial charge in [0.2, 0.25) is 5.43 Å². The van der Waals surface area contributed by atoms with E-state index in [9.17, 15) is 19.1 Å². The molecule has 1 aromatic heterocycles. The standard InChI is InChI=1S/C19H15ClFN3O3/c20-9-1-3-10(4-2-9)23-16-14(21)7-12-17(15(16)22)24(11-5-6-11)8-13(18(12)25)19(26)27/h1-4,7-8,11,23H,5-6,22H2,(H,26,27). The zero-order chi connectivity index (χ0) is 19.3. The highest BCUT2D eigenvalue weighted by Crippen LogP contribution is 2.41. The molecule has 0 aliphatic heterocycles. The van der Waals surface area contributed by atoms with E-state index in [4.69, 9.17) is 17.3 Å². The van der Waals surface area contributed by atoms with Crippen LogP contribution >= 0.6 is 11.6 Å². The number of nitrogen functional groups attached to an aromatic ring is 1. The predicted octanol–water partition coefficient (Wildman–Crippen LogP) is 4.15. The molecular formula is C19H15ClFN3O3. The molecule has 1 heterocycles. The van der Waals surface area contributed by atoms with E-state index in [1.54, 1.807) is 28.8 Å². The van der Waals surface area contributed by atoms with Gasteiger partial charge in [0, 0.05) is 22.9 Å². The maximum Gasteiger partial charge on any atom is 0.341 e. The third kappa shape index (κ3) is 3.00. The summed E-state index contributed by atoms with van der Waals surface area (Å²) in [6.07, 6.45) is 2.98. The van der Waals surface area contributed by atoms with E-state index in [1.807, 2.05) is 0 Å². The Kier molecular flexibility index (Phi) is 4.04. The number of aromatic carboxylic acids is 1. The average Bonchev–Trinajstić information content (AvgIpc) is 3.46. The Bertz CT molecular complexity index is 1140. The second-order valence-electron chi connectivity index (χ2n) is 6.49. The largest absolute Gasteiger partial charge is 0.477 e. The molecule has 0 radical (unpaired) electrons. The lowest BCUT2D eigenvalue weighted by Crippen LogP contribution is -2.20. The maximum atomic E-state index is 14.7. The van der Waals surface area contributed by atoms with Crippen molar-refractivity contribution >= 4 is 45.5 Å². The van der Waals surface area contributed by atoms with Crippen molar-refractivity contribution in [2.24, 2.45) is 0 Å². The summed E-state index contributed by atoms with van der Waals surface area (Å²) >= 11 is 5.86. The number of pyridine rings is 1. The zero-order valence-corrected chi connectivity index (χ0v) is 14.8. The van der Waals surface area contributed by atoms with Gasteiger partial charge in [-0.1, -0.05) is 11.6 Å². The highest BCUT2D eigenvalue weighted by molar-refractivity contribution is 6.30. The first-order valence-electron chi connectivity index (χ1n) is 8.29. The molecular weight excluding hydrogens is 373 g/mol. The number of carboxylic acid groups (broad SMARTS) is 1. The number of rotatable bonds is 4. The van der Waals surface area contributed by atoms with Crippen LogP contribution in [0.4, 0.5) is 21.5 Å². The number of carboxylic acids is 1. The molecule has 0 saturated heterocycles. The van der Waals surface area contributed by atoms with E-state index in [0.29, 0.717) is 16.2 Å². The van der Waals surface area contributed by atoms with Crippen LogP contribution in [0, 0.1) is 5.82 Å². The Balaban J connectivity index is 1.96. The smallest absolute Gasteiger partial charge is 0.341 e. The minimum Gasteiger partial charge on any atom is -0.477 e. The van der Waals surface area contributed by atoms with E-state index >= 15 is 0 Å². The quantitative estimate of drug-likeness (QED) is 0.584. The van der Waals surface area contributed by atoms with Crippen molar-refractivity contribution in [3.8, 4) is 0 Å². The van der Waals surface area contributed by atoms with Crippen molar-refractivity contribution < 1.29 is 14.3 Å². The summed E-state index contributed by atoms with van der Waals surface area (Å²) in [6.45, 7) is 0. The van der Waals surface area contributed by atoms with Gasteiger partial charge >= 0.3 is 5.97 Å². The molecule has 4 rings (SSSR count). The van der Waals surface area contributed by atoms with Crippen LogP contribution in [0.2, 0.25) is 5.02 Å². The predicted molar refractivity (Wildman–Crippen MR) is 103 cm³/mol. The second-order valence-corrected chi connectivity index (χ2v) is 6.93. The summed E-state index contributed by atoms with van der Waals surface area (Å²) in [5.41, 5.74) is 6.07. The Morgan fingerprint density at radius 1 is 1.30 bits per heavy atom. The Labute approximate surface area is 158 Å². The Hall–Kier alpha value is -3.06. The molecule has 0 bridgehead atoms. The van der Waals surface area contributed by atoms with Crippen LogP contribution in [-0.4, -0.2) is 15.6 Å². The fraction of sp³-hybridized carbons (Fsp3) is 0.158. The summed E-state index contributed by atoms with van der Waals surface area (Å²) in [6, 6.07) is 7.73. The highest BCUT2D eigenvalue weighted by atomic mass is 35.5. The first-order chi connectivity index (χ1) is 12.9. The number of nitrogens with one attached hydrogen (secondary N) is 1. The number of halogens is 2. The molecule has 2 aromatic carbocycles. The van der Waals surface area contributed by atoms with Gasteiger partial charge in [0.05, 0.1) is 16.6 Å². The van der Waals surface area contributed by atoms with Crippen LogP contribution in [0.3, 0.4) is 0 Å². The van der Waals surface area contributed by atoms with E-state index in [0.717, 1.165) is 18.9 Å².